The molecule has 0 aromatic heterocycles. The number of nitrogens with one attached hydrogen (secondary N) is 4. The second-order valence-corrected chi connectivity index (χ2v) is 14.0. The van der Waals surface area contributed by atoms with E-state index in [1.54, 1.807) is 20.8 Å². The van der Waals surface area contributed by atoms with Gasteiger partial charge in [0, 0.05) is 6.54 Å². The average Bonchev–Trinajstić information content (AvgIpc) is 2.88. The van der Waals surface area contributed by atoms with Crippen molar-refractivity contribution < 1.29 is 29.0 Å². The monoisotopic (exact) mass is 596 g/mol. The average molecular weight is 597 g/mol. The van der Waals surface area contributed by atoms with E-state index in [4.69, 9.17) is 4.74 Å². The number of aliphatic hydroxyl groups is 1. The maximum Gasteiger partial charge on any atom is 0.408 e. The molecule has 0 aromatic rings. The molecule has 1 rings (SSSR count). The molecule has 10 nitrogen and oxygen atoms in total. The highest BCUT2D eigenvalue weighted by Gasteiger charge is 2.34. The van der Waals surface area contributed by atoms with Crippen molar-refractivity contribution in [2.75, 3.05) is 6.54 Å². The van der Waals surface area contributed by atoms with Crippen LogP contribution in [0.15, 0.2) is 0 Å². The van der Waals surface area contributed by atoms with Gasteiger partial charge in [0.1, 0.15) is 17.7 Å². The summed E-state index contributed by atoms with van der Waals surface area (Å²) < 4.78 is 5.44. The second-order valence-electron chi connectivity index (χ2n) is 14.0. The summed E-state index contributed by atoms with van der Waals surface area (Å²) in [6.07, 6.45) is 5.04. The number of hydrogen-bond acceptors (Lipinski definition) is 6. The van der Waals surface area contributed by atoms with E-state index in [1.807, 2.05) is 41.5 Å². The van der Waals surface area contributed by atoms with Gasteiger partial charge in [-0.1, -0.05) is 80.1 Å². The number of amides is 4. The van der Waals surface area contributed by atoms with Gasteiger partial charge in [-0.3, -0.25) is 14.4 Å². The number of carbonyl (C=O) groups is 4. The number of hydrogen-bond donors (Lipinski definition) is 5. The van der Waals surface area contributed by atoms with Crippen LogP contribution in [0.3, 0.4) is 0 Å². The molecule has 1 saturated carbocycles. The molecule has 0 aromatic carbocycles. The molecule has 5 atom stereocenters. The van der Waals surface area contributed by atoms with E-state index in [0.29, 0.717) is 31.7 Å². The van der Waals surface area contributed by atoms with Crippen LogP contribution in [0.4, 0.5) is 4.79 Å². The third-order valence-corrected chi connectivity index (χ3v) is 7.71. The van der Waals surface area contributed by atoms with Crippen molar-refractivity contribution in [2.24, 2.45) is 23.7 Å². The zero-order valence-corrected chi connectivity index (χ0v) is 27.7. The Morgan fingerprint density at radius 1 is 0.881 bits per heavy atom. The van der Waals surface area contributed by atoms with E-state index in [0.717, 1.165) is 25.7 Å². The normalized spacial score (nSPS) is 18.0. The number of carbonyl (C=O) groups excluding carboxylic acids is 4. The van der Waals surface area contributed by atoms with Gasteiger partial charge in [-0.05, 0) is 57.3 Å². The zero-order chi connectivity index (χ0) is 32.0. The van der Waals surface area contributed by atoms with Crippen LogP contribution in [0.25, 0.3) is 0 Å². The summed E-state index contributed by atoms with van der Waals surface area (Å²) in [7, 11) is 0. The predicted octanol–water partition coefficient (Wildman–Crippen LogP) is 4.44. The van der Waals surface area contributed by atoms with Gasteiger partial charge in [0.05, 0.1) is 18.6 Å². The molecular formula is C32H60N4O6. The van der Waals surface area contributed by atoms with Gasteiger partial charge in [0.25, 0.3) is 0 Å². The molecule has 1 fully saturated rings. The molecule has 4 amide bonds. The van der Waals surface area contributed by atoms with E-state index in [-0.39, 0.29) is 30.1 Å². The first-order valence-electron chi connectivity index (χ1n) is 16.1. The molecule has 244 valence electrons. The third-order valence-electron chi connectivity index (χ3n) is 7.71. The van der Waals surface area contributed by atoms with E-state index in [9.17, 15) is 24.3 Å². The summed E-state index contributed by atoms with van der Waals surface area (Å²) >= 11 is 0. The lowest BCUT2D eigenvalue weighted by atomic mass is 9.84. The first-order chi connectivity index (χ1) is 19.5. The topological polar surface area (TPSA) is 146 Å². The lowest BCUT2D eigenvalue weighted by Gasteiger charge is -2.32. The summed E-state index contributed by atoms with van der Waals surface area (Å²) in [5.74, 6) is -0.601. The molecule has 0 radical (unpaired) electrons. The molecule has 0 aliphatic heterocycles. The van der Waals surface area contributed by atoms with Crippen LogP contribution in [0, 0.1) is 23.7 Å². The molecule has 0 saturated heterocycles. The van der Waals surface area contributed by atoms with E-state index in [2.05, 4.69) is 21.3 Å². The molecule has 1 aliphatic carbocycles. The summed E-state index contributed by atoms with van der Waals surface area (Å²) in [6.45, 7) is 17.6. The Bertz CT molecular complexity index is 850. The van der Waals surface area contributed by atoms with Gasteiger partial charge in [0.15, 0.2) is 0 Å². The molecule has 1 aliphatic rings. The fourth-order valence-corrected chi connectivity index (χ4v) is 5.21. The summed E-state index contributed by atoms with van der Waals surface area (Å²) in [4.78, 5) is 52.4. The first-order valence-corrected chi connectivity index (χ1v) is 16.1. The van der Waals surface area contributed by atoms with Crippen LogP contribution >= 0.6 is 0 Å². The maximum atomic E-state index is 13.7. The molecule has 1 unspecified atom stereocenters. The summed E-state index contributed by atoms with van der Waals surface area (Å²) in [5, 5.41) is 22.4. The lowest BCUT2D eigenvalue weighted by molar-refractivity contribution is -0.133. The Morgan fingerprint density at radius 3 is 2.02 bits per heavy atom. The fourth-order valence-electron chi connectivity index (χ4n) is 5.21. The Labute approximate surface area is 254 Å². The Morgan fingerprint density at radius 2 is 1.50 bits per heavy atom. The maximum absolute atomic E-state index is 13.7. The summed E-state index contributed by atoms with van der Waals surface area (Å²) in [5.41, 5.74) is -0.715. The van der Waals surface area contributed by atoms with Gasteiger partial charge in [0.2, 0.25) is 17.7 Å². The van der Waals surface area contributed by atoms with Crippen molar-refractivity contribution in [1.82, 2.24) is 21.3 Å². The minimum Gasteiger partial charge on any atom is -0.444 e. The Hall–Kier alpha value is -2.36. The second kappa shape index (κ2) is 18.3. The van der Waals surface area contributed by atoms with Gasteiger partial charge < -0.3 is 31.1 Å². The van der Waals surface area contributed by atoms with Crippen molar-refractivity contribution in [3.63, 3.8) is 0 Å². The highest BCUT2D eigenvalue weighted by Crippen LogP contribution is 2.28. The van der Waals surface area contributed by atoms with Crippen molar-refractivity contribution in [3.05, 3.63) is 0 Å². The van der Waals surface area contributed by atoms with Crippen LogP contribution in [0.5, 0.6) is 0 Å². The molecule has 0 bridgehead atoms. The lowest BCUT2D eigenvalue weighted by Crippen LogP contribution is -2.58. The van der Waals surface area contributed by atoms with Crippen LogP contribution in [0.1, 0.15) is 120 Å². The minimum atomic E-state index is -1.08. The first kappa shape index (κ1) is 37.7. The molecule has 10 heteroatoms. The number of aliphatic hydroxyl groups excluding tert-OH is 1. The standard InChI is InChI=1S/C32H60N4O6/c1-10-22(6)28(30(40)34-24(16-20(2)3)26(37)18-27(38)33-19-21(4)5)36-29(39)25(17-23-14-12-11-13-15-23)35-31(41)42-32(7,8)9/h20-26,28,37H,10-19H2,1-9H3,(H,33,38)(H,34,40)(H,35,41)(H,36,39)/t22?,24-,25-,26-,28-/m0/s1. The number of rotatable bonds is 16. The van der Waals surface area contributed by atoms with Crippen molar-refractivity contribution in [2.45, 2.75) is 150 Å². The summed E-state index contributed by atoms with van der Waals surface area (Å²) in [6, 6.07) is -2.39. The number of alkyl carbamates (subject to hydrolysis) is 1. The smallest absolute Gasteiger partial charge is 0.408 e. The van der Waals surface area contributed by atoms with E-state index in [1.165, 1.54) is 6.42 Å². The quantitative estimate of drug-likeness (QED) is 0.178. The molecule has 42 heavy (non-hydrogen) atoms. The van der Waals surface area contributed by atoms with Gasteiger partial charge in [-0.15, -0.1) is 0 Å². The molecular weight excluding hydrogens is 536 g/mol. The van der Waals surface area contributed by atoms with Crippen LogP contribution in [-0.2, 0) is 19.1 Å². The van der Waals surface area contributed by atoms with Crippen molar-refractivity contribution >= 4 is 23.8 Å². The minimum absolute atomic E-state index is 0.131. The van der Waals surface area contributed by atoms with Crippen LogP contribution < -0.4 is 21.3 Å². The van der Waals surface area contributed by atoms with Crippen molar-refractivity contribution in [1.29, 1.82) is 0 Å². The van der Waals surface area contributed by atoms with Crippen molar-refractivity contribution in [3.8, 4) is 0 Å². The van der Waals surface area contributed by atoms with Gasteiger partial charge in [-0.25, -0.2) is 4.79 Å². The highest BCUT2D eigenvalue weighted by molar-refractivity contribution is 5.91. The predicted molar refractivity (Wildman–Crippen MR) is 166 cm³/mol. The Kier molecular flexibility index (Phi) is 16.4. The zero-order valence-electron chi connectivity index (χ0n) is 27.7. The van der Waals surface area contributed by atoms with Crippen LogP contribution in [0.2, 0.25) is 0 Å². The molecule has 0 spiro atoms. The fraction of sp³-hybridized carbons (Fsp3) is 0.875. The Balaban J connectivity index is 3.08. The highest BCUT2D eigenvalue weighted by atomic mass is 16.6. The van der Waals surface area contributed by atoms with E-state index >= 15 is 0 Å². The third kappa shape index (κ3) is 15.2. The van der Waals surface area contributed by atoms with Gasteiger partial charge >= 0.3 is 6.09 Å². The van der Waals surface area contributed by atoms with E-state index < -0.39 is 47.7 Å². The van der Waals surface area contributed by atoms with Gasteiger partial charge in [-0.2, -0.15) is 0 Å². The largest absolute Gasteiger partial charge is 0.444 e. The van der Waals surface area contributed by atoms with Crippen LogP contribution in [-0.4, -0.2) is 65.3 Å². The number of ether oxygens (including phenoxy) is 1. The molecule has 0 heterocycles. The molecule has 5 N–H and O–H groups in total. The SMILES string of the molecule is CCC(C)[C@H](NC(=O)[C@H](CC1CCCCC1)NC(=O)OC(C)(C)C)C(=O)N[C@@H](CC(C)C)[C@@H](O)CC(=O)NCC(C)C.